The van der Waals surface area contributed by atoms with Gasteiger partial charge in [0, 0.05) is 19.6 Å². The van der Waals surface area contributed by atoms with Gasteiger partial charge in [0.15, 0.2) is 0 Å². The lowest BCUT2D eigenvalue weighted by Gasteiger charge is -2.18. The van der Waals surface area contributed by atoms with E-state index in [9.17, 15) is 4.79 Å². The Bertz CT molecular complexity index is 376. The van der Waals surface area contributed by atoms with Crippen LogP contribution in [-0.4, -0.2) is 30.9 Å². The van der Waals surface area contributed by atoms with Gasteiger partial charge in [-0.15, -0.1) is 0 Å². The normalized spacial score (nSPS) is 12.2. The Morgan fingerprint density at radius 2 is 2.18 bits per heavy atom. The first-order chi connectivity index (χ1) is 8.04. The van der Waals surface area contributed by atoms with E-state index < -0.39 is 0 Å². The monoisotopic (exact) mass is 234 g/mol. The van der Waals surface area contributed by atoms with Crippen LogP contribution in [0.1, 0.15) is 31.0 Å². The van der Waals surface area contributed by atoms with E-state index in [4.69, 9.17) is 0 Å². The highest BCUT2D eigenvalue weighted by Crippen LogP contribution is 2.13. The van der Waals surface area contributed by atoms with E-state index in [0.29, 0.717) is 6.54 Å². The SMILES string of the molecule is CCN(C)C(=O)CNC(C)c1cccc(C)c1. The number of rotatable bonds is 5. The first kappa shape index (κ1) is 13.7. The zero-order valence-electron chi connectivity index (χ0n) is 11.2. The van der Waals surface area contributed by atoms with Crippen LogP contribution in [0.3, 0.4) is 0 Å². The Balaban J connectivity index is 2.50. The predicted molar refractivity (Wildman–Crippen MR) is 70.9 cm³/mol. The van der Waals surface area contributed by atoms with E-state index in [-0.39, 0.29) is 11.9 Å². The summed E-state index contributed by atoms with van der Waals surface area (Å²) in [4.78, 5) is 13.4. The van der Waals surface area contributed by atoms with E-state index >= 15 is 0 Å². The third-order valence-corrected chi connectivity index (χ3v) is 3.00. The summed E-state index contributed by atoms with van der Waals surface area (Å²) in [6.45, 7) is 7.26. The molecule has 1 rings (SSSR count). The van der Waals surface area contributed by atoms with Crippen molar-refractivity contribution in [2.45, 2.75) is 26.8 Å². The molecule has 1 N–H and O–H groups in total. The summed E-state index contributed by atoms with van der Waals surface area (Å²) in [5.74, 6) is 0.131. The lowest BCUT2D eigenvalue weighted by molar-refractivity contribution is -0.128. The fraction of sp³-hybridized carbons (Fsp3) is 0.500. The molecule has 1 aromatic rings. The number of carbonyl (C=O) groups excluding carboxylic acids is 1. The second-order valence-corrected chi connectivity index (χ2v) is 4.42. The topological polar surface area (TPSA) is 32.3 Å². The van der Waals surface area contributed by atoms with Crippen molar-refractivity contribution in [1.82, 2.24) is 10.2 Å². The Kier molecular flexibility index (Phi) is 5.16. The van der Waals surface area contributed by atoms with Crippen molar-refractivity contribution in [1.29, 1.82) is 0 Å². The van der Waals surface area contributed by atoms with Gasteiger partial charge in [-0.25, -0.2) is 0 Å². The van der Waals surface area contributed by atoms with Gasteiger partial charge in [0.2, 0.25) is 5.91 Å². The smallest absolute Gasteiger partial charge is 0.236 e. The van der Waals surface area contributed by atoms with Gasteiger partial charge in [0.25, 0.3) is 0 Å². The first-order valence-corrected chi connectivity index (χ1v) is 6.08. The summed E-state index contributed by atoms with van der Waals surface area (Å²) >= 11 is 0. The van der Waals surface area contributed by atoms with Crippen molar-refractivity contribution < 1.29 is 4.79 Å². The van der Waals surface area contributed by atoms with Gasteiger partial charge in [-0.1, -0.05) is 29.8 Å². The van der Waals surface area contributed by atoms with Gasteiger partial charge >= 0.3 is 0 Å². The highest BCUT2D eigenvalue weighted by Gasteiger charge is 2.09. The van der Waals surface area contributed by atoms with Gasteiger partial charge in [-0.05, 0) is 26.3 Å². The van der Waals surface area contributed by atoms with Crippen LogP contribution in [0.5, 0.6) is 0 Å². The van der Waals surface area contributed by atoms with E-state index in [0.717, 1.165) is 6.54 Å². The molecule has 3 nitrogen and oxygen atoms in total. The third kappa shape index (κ3) is 4.19. The second kappa shape index (κ2) is 6.40. The summed E-state index contributed by atoms with van der Waals surface area (Å²) in [6, 6.07) is 8.54. The maximum atomic E-state index is 11.6. The maximum absolute atomic E-state index is 11.6. The molecule has 0 aliphatic rings. The minimum Gasteiger partial charge on any atom is -0.345 e. The molecular weight excluding hydrogens is 212 g/mol. The maximum Gasteiger partial charge on any atom is 0.236 e. The summed E-state index contributed by atoms with van der Waals surface area (Å²) in [5, 5.41) is 3.25. The van der Waals surface area contributed by atoms with Crippen LogP contribution >= 0.6 is 0 Å². The van der Waals surface area contributed by atoms with Crippen LogP contribution in [-0.2, 0) is 4.79 Å². The molecule has 0 bridgehead atoms. The molecule has 0 saturated heterocycles. The van der Waals surface area contributed by atoms with Crippen molar-refractivity contribution >= 4 is 5.91 Å². The number of hydrogen-bond donors (Lipinski definition) is 1. The molecule has 0 aromatic heterocycles. The van der Waals surface area contributed by atoms with Crippen LogP contribution in [0.25, 0.3) is 0 Å². The minimum absolute atomic E-state index is 0.131. The Hall–Kier alpha value is -1.35. The predicted octanol–water partition coefficient (Wildman–Crippen LogP) is 2.12. The summed E-state index contributed by atoms with van der Waals surface area (Å²) in [5.41, 5.74) is 2.46. The van der Waals surface area contributed by atoms with Crippen molar-refractivity contribution in [3.8, 4) is 0 Å². The van der Waals surface area contributed by atoms with Crippen LogP contribution in [0, 0.1) is 6.92 Å². The zero-order valence-corrected chi connectivity index (χ0v) is 11.2. The van der Waals surface area contributed by atoms with Crippen LogP contribution in [0.2, 0.25) is 0 Å². The van der Waals surface area contributed by atoms with E-state index in [1.54, 1.807) is 4.90 Å². The fourth-order valence-corrected chi connectivity index (χ4v) is 1.61. The fourth-order valence-electron chi connectivity index (χ4n) is 1.61. The molecule has 0 radical (unpaired) electrons. The Morgan fingerprint density at radius 3 is 2.76 bits per heavy atom. The molecule has 1 atom stereocenters. The largest absolute Gasteiger partial charge is 0.345 e. The average molecular weight is 234 g/mol. The number of aryl methyl sites for hydroxylation is 1. The van der Waals surface area contributed by atoms with Gasteiger partial charge in [-0.3, -0.25) is 4.79 Å². The number of benzene rings is 1. The second-order valence-electron chi connectivity index (χ2n) is 4.42. The lowest BCUT2D eigenvalue weighted by Crippen LogP contribution is -2.36. The summed E-state index contributed by atoms with van der Waals surface area (Å²) in [7, 11) is 1.82. The third-order valence-electron chi connectivity index (χ3n) is 3.00. The number of nitrogens with zero attached hydrogens (tertiary/aromatic N) is 1. The highest BCUT2D eigenvalue weighted by atomic mass is 16.2. The van der Waals surface area contributed by atoms with E-state index in [1.807, 2.05) is 20.0 Å². The van der Waals surface area contributed by atoms with Crippen molar-refractivity contribution in [3.63, 3.8) is 0 Å². The standard InChI is InChI=1S/C14H22N2O/c1-5-16(4)14(17)10-15-12(3)13-8-6-7-11(2)9-13/h6-9,12,15H,5,10H2,1-4H3. The number of carbonyl (C=O) groups is 1. The van der Waals surface area contributed by atoms with E-state index in [1.165, 1.54) is 11.1 Å². The molecule has 0 aliphatic carbocycles. The van der Waals surface area contributed by atoms with Gasteiger partial charge in [0.05, 0.1) is 6.54 Å². The Labute approximate surface area is 104 Å². The molecule has 0 heterocycles. The molecule has 1 unspecified atom stereocenters. The molecule has 0 fully saturated rings. The molecule has 3 heteroatoms. The number of likely N-dealkylation sites (N-methyl/N-ethyl adjacent to an activating group) is 1. The lowest BCUT2D eigenvalue weighted by atomic mass is 10.1. The molecule has 1 amide bonds. The van der Waals surface area contributed by atoms with Gasteiger partial charge in [-0.2, -0.15) is 0 Å². The molecular formula is C14H22N2O. The quantitative estimate of drug-likeness (QED) is 0.846. The van der Waals surface area contributed by atoms with Crippen molar-refractivity contribution in [3.05, 3.63) is 35.4 Å². The van der Waals surface area contributed by atoms with Crippen LogP contribution in [0.4, 0.5) is 0 Å². The van der Waals surface area contributed by atoms with Crippen molar-refractivity contribution in [2.75, 3.05) is 20.1 Å². The molecule has 0 saturated carbocycles. The Morgan fingerprint density at radius 1 is 1.47 bits per heavy atom. The molecule has 0 aliphatic heterocycles. The average Bonchev–Trinajstić information content (AvgIpc) is 2.34. The molecule has 1 aromatic carbocycles. The minimum atomic E-state index is 0.131. The highest BCUT2D eigenvalue weighted by molar-refractivity contribution is 5.77. The van der Waals surface area contributed by atoms with Crippen molar-refractivity contribution in [2.24, 2.45) is 0 Å². The van der Waals surface area contributed by atoms with E-state index in [2.05, 4.69) is 37.4 Å². The molecule has 0 spiro atoms. The molecule has 94 valence electrons. The molecule has 17 heavy (non-hydrogen) atoms. The van der Waals surface area contributed by atoms with Crippen LogP contribution < -0.4 is 5.32 Å². The number of amides is 1. The summed E-state index contributed by atoms with van der Waals surface area (Å²) in [6.07, 6.45) is 0. The number of nitrogens with one attached hydrogen (secondary N) is 1. The summed E-state index contributed by atoms with van der Waals surface area (Å²) < 4.78 is 0. The zero-order chi connectivity index (χ0) is 12.8. The first-order valence-electron chi connectivity index (χ1n) is 6.08. The van der Waals surface area contributed by atoms with Crippen LogP contribution in [0.15, 0.2) is 24.3 Å². The number of hydrogen-bond acceptors (Lipinski definition) is 2. The van der Waals surface area contributed by atoms with Gasteiger partial charge < -0.3 is 10.2 Å². The van der Waals surface area contributed by atoms with Gasteiger partial charge in [0.1, 0.15) is 0 Å².